The third-order valence-electron chi connectivity index (χ3n) is 11.3. The summed E-state index contributed by atoms with van der Waals surface area (Å²) in [7, 11) is 0. The van der Waals surface area contributed by atoms with E-state index in [0.29, 0.717) is 19.3 Å². The highest BCUT2D eigenvalue weighted by molar-refractivity contribution is 5.78. The van der Waals surface area contributed by atoms with Crippen molar-refractivity contribution < 1.29 is 50.0 Å². The van der Waals surface area contributed by atoms with Gasteiger partial charge in [-0.3, -0.25) is 4.79 Å². The lowest BCUT2D eigenvalue weighted by Gasteiger charge is -2.64. The van der Waals surface area contributed by atoms with Gasteiger partial charge in [0.15, 0.2) is 0 Å². The summed E-state index contributed by atoms with van der Waals surface area (Å²) in [6, 6.07) is 0. The molecule has 10 heteroatoms. The summed E-state index contributed by atoms with van der Waals surface area (Å²) in [6.45, 7) is 3.01. The predicted octanol–water partition coefficient (Wildman–Crippen LogP) is -0.563. The van der Waals surface area contributed by atoms with Crippen LogP contribution in [0.4, 0.5) is 0 Å². The molecular weight excluding hydrogens is 472 g/mol. The van der Waals surface area contributed by atoms with Gasteiger partial charge in [-0.15, -0.1) is 0 Å². The van der Waals surface area contributed by atoms with Crippen molar-refractivity contribution in [3.8, 4) is 0 Å². The van der Waals surface area contributed by atoms with Gasteiger partial charge >= 0.3 is 5.97 Å². The van der Waals surface area contributed by atoms with Crippen LogP contribution in [0.25, 0.3) is 0 Å². The minimum Gasteiger partial charge on any atom is -0.432 e. The third kappa shape index (κ3) is 3.56. The fourth-order valence-electron chi connectivity index (χ4n) is 9.39. The lowest BCUT2D eigenvalue weighted by Crippen LogP contribution is -2.64. The fourth-order valence-corrected chi connectivity index (χ4v) is 9.39. The second kappa shape index (κ2) is 8.84. The molecule has 0 aromatic rings. The van der Waals surface area contributed by atoms with Gasteiger partial charge in [0.1, 0.15) is 24.4 Å². The lowest BCUT2D eigenvalue weighted by atomic mass is 9.40. The molecule has 206 valence electrons. The molecule has 0 amide bonds. The van der Waals surface area contributed by atoms with E-state index in [0.717, 1.165) is 32.1 Å². The van der Waals surface area contributed by atoms with Crippen molar-refractivity contribution >= 4 is 5.97 Å². The minimum absolute atomic E-state index is 0.0793. The molecule has 36 heavy (non-hydrogen) atoms. The molecule has 5 fully saturated rings. The summed E-state index contributed by atoms with van der Waals surface area (Å²) in [5.74, 6) is -0.651. The smallest absolute Gasteiger partial charge is 0.317 e. The van der Waals surface area contributed by atoms with Gasteiger partial charge in [0.2, 0.25) is 6.29 Å². The zero-order valence-corrected chi connectivity index (χ0v) is 21.1. The fraction of sp³-hybridized carbons (Fsp3) is 0.962. The van der Waals surface area contributed by atoms with Gasteiger partial charge in [0, 0.05) is 0 Å². The van der Waals surface area contributed by atoms with E-state index in [2.05, 4.69) is 6.92 Å². The highest BCUT2D eigenvalue weighted by atomic mass is 16.7. The first kappa shape index (κ1) is 26.7. The van der Waals surface area contributed by atoms with E-state index in [-0.39, 0.29) is 35.2 Å². The van der Waals surface area contributed by atoms with Crippen molar-refractivity contribution in [2.24, 2.45) is 34.0 Å². The molecule has 4 saturated carbocycles. The van der Waals surface area contributed by atoms with Crippen LogP contribution in [0.5, 0.6) is 0 Å². The summed E-state index contributed by atoms with van der Waals surface area (Å²) in [5.41, 5.74) is -2.75. The maximum atomic E-state index is 13.7. The Balaban J connectivity index is 1.41. The zero-order chi connectivity index (χ0) is 26.3. The van der Waals surface area contributed by atoms with Crippen LogP contribution in [0.1, 0.15) is 65.2 Å². The first-order valence-electron chi connectivity index (χ1n) is 13.4. The van der Waals surface area contributed by atoms with E-state index < -0.39 is 60.4 Å². The molecule has 10 nitrogen and oxygen atoms in total. The Bertz CT molecular complexity index is 868. The summed E-state index contributed by atoms with van der Waals surface area (Å²) in [5, 5.41) is 72.3. The zero-order valence-electron chi connectivity index (χ0n) is 21.1. The molecule has 0 unspecified atom stereocenters. The molecule has 0 radical (unpaired) electrons. The first-order valence-corrected chi connectivity index (χ1v) is 13.4. The quantitative estimate of drug-likeness (QED) is 0.241. The summed E-state index contributed by atoms with van der Waals surface area (Å²) < 4.78 is 11.0. The van der Waals surface area contributed by atoms with Crippen molar-refractivity contribution in [1.82, 2.24) is 0 Å². The Morgan fingerprint density at radius 1 is 0.944 bits per heavy atom. The second-order valence-electron chi connectivity index (χ2n) is 12.9. The molecule has 0 aromatic heterocycles. The number of rotatable bonds is 4. The molecule has 1 heterocycles. The van der Waals surface area contributed by atoms with E-state index in [4.69, 9.17) is 9.47 Å². The molecule has 5 rings (SSSR count). The van der Waals surface area contributed by atoms with Crippen LogP contribution in [0, 0.1) is 34.0 Å². The molecule has 2 bridgehead atoms. The second-order valence-corrected chi connectivity index (χ2v) is 12.9. The molecule has 0 aromatic carbocycles. The van der Waals surface area contributed by atoms with Crippen LogP contribution in [0.2, 0.25) is 0 Å². The van der Waals surface area contributed by atoms with E-state index >= 15 is 0 Å². The summed E-state index contributed by atoms with van der Waals surface area (Å²) in [6.07, 6.45) is -3.00. The van der Waals surface area contributed by atoms with Crippen molar-refractivity contribution in [3.63, 3.8) is 0 Å². The highest BCUT2D eigenvalue weighted by Crippen LogP contribution is 2.73. The number of fused-ring (bicyclic) bond motifs is 3. The molecular formula is C26H42O10. The molecule has 7 N–H and O–H groups in total. The molecule has 13 atom stereocenters. The average Bonchev–Trinajstić information content (AvgIpc) is 3.06. The molecule has 1 aliphatic heterocycles. The maximum absolute atomic E-state index is 13.7. The van der Waals surface area contributed by atoms with Crippen LogP contribution in [0.3, 0.4) is 0 Å². The molecule has 1 spiro atoms. The van der Waals surface area contributed by atoms with Crippen LogP contribution >= 0.6 is 0 Å². The normalized spacial score (nSPS) is 56.5. The highest BCUT2D eigenvalue weighted by Gasteiger charge is 2.70. The monoisotopic (exact) mass is 514 g/mol. The Kier molecular flexibility index (Phi) is 6.57. The maximum Gasteiger partial charge on any atom is 0.317 e. The largest absolute Gasteiger partial charge is 0.432 e. The van der Waals surface area contributed by atoms with Gasteiger partial charge in [-0.1, -0.05) is 6.92 Å². The van der Waals surface area contributed by atoms with Gasteiger partial charge in [0.25, 0.3) is 0 Å². The number of ether oxygens (including phenoxy) is 2. The number of carbonyl (C=O) groups is 1. The molecule has 4 aliphatic carbocycles. The minimum atomic E-state index is -1.71. The van der Waals surface area contributed by atoms with E-state index in [1.165, 1.54) is 0 Å². The van der Waals surface area contributed by atoms with Gasteiger partial charge < -0.3 is 45.2 Å². The number of aliphatic hydroxyl groups excluding tert-OH is 6. The Labute approximate surface area is 211 Å². The number of hydrogen-bond acceptors (Lipinski definition) is 10. The van der Waals surface area contributed by atoms with Gasteiger partial charge in [-0.25, -0.2) is 0 Å². The standard InChI is InChI=1S/C26H42O10/c1-23-7-6-17(29)24(2,22(33)36-21-20(32)19(31)18(30)14(10-27)35-21)15(23)5-8-25-9-13(3-4-16(23)25)26(34,11-25)12-28/h13-21,27-32,34H,3-12H2,1-2H3/t13-,14-,15+,16+,17+,18-,19+,20-,21+,23-,24-,25+,26+/m1/s1. The van der Waals surface area contributed by atoms with Crippen LogP contribution in [0.15, 0.2) is 0 Å². The van der Waals surface area contributed by atoms with Crippen molar-refractivity contribution in [2.45, 2.75) is 108 Å². The number of esters is 1. The number of aliphatic hydroxyl groups is 7. The lowest BCUT2D eigenvalue weighted by molar-refractivity contribution is -0.300. The molecule has 5 aliphatic rings. The SMILES string of the molecule is C[C@@]12CC[C@H](O)[C@](C)(C(=O)O[C@@H]3O[C@H](CO)[C@@H](O)[C@H](O)[C@H]3O)[C@H]1CC[C@@]13C[C@@H](CC[C@H]12)[C@@](O)(CO)C3. The van der Waals surface area contributed by atoms with Crippen molar-refractivity contribution in [2.75, 3.05) is 13.2 Å². The first-order chi connectivity index (χ1) is 16.9. The predicted molar refractivity (Wildman–Crippen MR) is 124 cm³/mol. The Hall–Kier alpha value is -0.850. The average molecular weight is 515 g/mol. The van der Waals surface area contributed by atoms with Gasteiger partial charge in [-0.05, 0) is 86.9 Å². The van der Waals surface area contributed by atoms with E-state index in [9.17, 15) is 40.5 Å². The number of carbonyl (C=O) groups excluding carboxylic acids is 1. The summed E-state index contributed by atoms with van der Waals surface area (Å²) in [4.78, 5) is 13.7. The Morgan fingerprint density at radius 3 is 2.33 bits per heavy atom. The number of hydrogen-bond donors (Lipinski definition) is 7. The topological polar surface area (TPSA) is 177 Å². The van der Waals surface area contributed by atoms with Crippen LogP contribution in [-0.2, 0) is 14.3 Å². The van der Waals surface area contributed by atoms with E-state index in [1.54, 1.807) is 6.92 Å². The van der Waals surface area contributed by atoms with Crippen molar-refractivity contribution in [1.29, 1.82) is 0 Å². The van der Waals surface area contributed by atoms with Crippen LogP contribution < -0.4 is 0 Å². The van der Waals surface area contributed by atoms with Crippen LogP contribution in [-0.4, -0.2) is 97.3 Å². The summed E-state index contributed by atoms with van der Waals surface area (Å²) >= 11 is 0. The third-order valence-corrected chi connectivity index (χ3v) is 11.3. The molecule has 1 saturated heterocycles. The Morgan fingerprint density at radius 2 is 1.67 bits per heavy atom. The van der Waals surface area contributed by atoms with Gasteiger partial charge in [-0.2, -0.15) is 0 Å². The van der Waals surface area contributed by atoms with Crippen molar-refractivity contribution in [3.05, 3.63) is 0 Å². The van der Waals surface area contributed by atoms with Gasteiger partial charge in [0.05, 0.1) is 30.3 Å². The van der Waals surface area contributed by atoms with E-state index in [1.807, 2.05) is 0 Å².